The Labute approximate surface area is 97.9 Å². The van der Waals surface area contributed by atoms with Crippen molar-refractivity contribution in [1.82, 2.24) is 0 Å². The van der Waals surface area contributed by atoms with E-state index in [0.717, 1.165) is 26.7 Å². The second-order valence-corrected chi connectivity index (χ2v) is 4.48. The maximum absolute atomic E-state index is 11.5. The third kappa shape index (κ3) is 2.13. The second kappa shape index (κ2) is 4.73. The number of nitrogens with zero attached hydrogens (tertiary/aromatic N) is 1. The van der Waals surface area contributed by atoms with Crippen molar-refractivity contribution in [3.05, 3.63) is 24.3 Å². The van der Waals surface area contributed by atoms with Gasteiger partial charge in [-0.1, -0.05) is 24.4 Å². The molecule has 1 aliphatic heterocycles. The fourth-order valence-electron chi connectivity index (χ4n) is 2.42. The molecule has 1 saturated heterocycles. The zero-order valence-electron chi connectivity index (χ0n) is 10.1. The topological polar surface area (TPSA) is 20.3 Å². The van der Waals surface area contributed by atoms with Crippen molar-refractivity contribution in [1.29, 1.82) is 0 Å². The highest BCUT2D eigenvalue weighted by Crippen LogP contribution is 2.25. The highest BCUT2D eigenvalue weighted by atomic mass is 16.1. The van der Waals surface area contributed by atoms with Crippen LogP contribution in [0.25, 0.3) is 0 Å². The van der Waals surface area contributed by atoms with Crippen LogP contribution in [0.4, 0.5) is 5.69 Å². The quantitative estimate of drug-likeness (QED) is 0.709. The summed E-state index contributed by atoms with van der Waals surface area (Å²) in [5.74, 6) is 0.289. The molecule has 1 atom stereocenters. The van der Waals surface area contributed by atoms with Gasteiger partial charge in [-0.15, -0.1) is 0 Å². The van der Waals surface area contributed by atoms with E-state index >= 15 is 0 Å². The van der Waals surface area contributed by atoms with Gasteiger partial charge in [-0.3, -0.25) is 4.79 Å². The minimum atomic E-state index is 0.104. The smallest absolute Gasteiger partial charge is 0.154 e. The standard InChI is InChI=1S/C13H18BNO/c1-10(16)13-4-3-9-15(13)12-7-5-11(14-2)6-8-12/h5-8,13-14H,3-4,9H2,1-2H3. The van der Waals surface area contributed by atoms with Gasteiger partial charge in [0.1, 0.15) is 0 Å². The van der Waals surface area contributed by atoms with Gasteiger partial charge in [-0.05, 0) is 31.9 Å². The first kappa shape index (κ1) is 11.2. The summed E-state index contributed by atoms with van der Waals surface area (Å²) in [6, 6.07) is 8.70. The lowest BCUT2D eigenvalue weighted by Crippen LogP contribution is -2.34. The van der Waals surface area contributed by atoms with E-state index in [0.29, 0.717) is 0 Å². The molecule has 3 heteroatoms. The van der Waals surface area contributed by atoms with Gasteiger partial charge in [-0.2, -0.15) is 0 Å². The van der Waals surface area contributed by atoms with Gasteiger partial charge in [-0.25, -0.2) is 0 Å². The van der Waals surface area contributed by atoms with Crippen molar-refractivity contribution in [3.63, 3.8) is 0 Å². The van der Waals surface area contributed by atoms with E-state index in [1.54, 1.807) is 6.92 Å². The van der Waals surface area contributed by atoms with Crippen molar-refractivity contribution in [2.24, 2.45) is 0 Å². The fourth-order valence-corrected chi connectivity index (χ4v) is 2.42. The molecular weight excluding hydrogens is 197 g/mol. The van der Waals surface area contributed by atoms with Crippen LogP contribution in [0, 0.1) is 0 Å². The van der Waals surface area contributed by atoms with Crippen LogP contribution in [0.2, 0.25) is 6.82 Å². The summed E-state index contributed by atoms with van der Waals surface area (Å²) in [5.41, 5.74) is 2.54. The molecular formula is C13H18BNO. The first-order valence-corrected chi connectivity index (χ1v) is 6.08. The van der Waals surface area contributed by atoms with Crippen LogP contribution in [-0.2, 0) is 4.79 Å². The van der Waals surface area contributed by atoms with Gasteiger partial charge in [0.05, 0.1) is 6.04 Å². The largest absolute Gasteiger partial charge is 0.361 e. The molecule has 0 spiro atoms. The Kier molecular flexibility index (Phi) is 3.32. The molecule has 1 heterocycles. The lowest BCUT2D eigenvalue weighted by atomic mass is 9.73. The van der Waals surface area contributed by atoms with Crippen LogP contribution in [-0.4, -0.2) is 25.6 Å². The summed E-state index contributed by atoms with van der Waals surface area (Å²) in [7, 11) is 1.07. The van der Waals surface area contributed by atoms with Gasteiger partial charge in [0.2, 0.25) is 0 Å². The molecule has 1 unspecified atom stereocenters. The molecule has 1 aliphatic rings. The summed E-state index contributed by atoms with van der Waals surface area (Å²) in [6.45, 7) is 4.86. The number of ketones is 1. The van der Waals surface area contributed by atoms with E-state index in [4.69, 9.17) is 0 Å². The number of carbonyl (C=O) groups is 1. The molecule has 1 aromatic rings. The number of carbonyl (C=O) groups excluding carboxylic acids is 1. The third-order valence-electron chi connectivity index (χ3n) is 3.40. The Hall–Kier alpha value is -1.25. The highest BCUT2D eigenvalue weighted by Gasteiger charge is 2.27. The van der Waals surface area contributed by atoms with Gasteiger partial charge in [0.25, 0.3) is 0 Å². The van der Waals surface area contributed by atoms with Crippen molar-refractivity contribution < 1.29 is 4.79 Å². The molecule has 84 valence electrons. The molecule has 2 rings (SSSR count). The van der Waals surface area contributed by atoms with Gasteiger partial charge in [0, 0.05) is 12.2 Å². The van der Waals surface area contributed by atoms with E-state index < -0.39 is 0 Å². The predicted octanol–water partition coefficient (Wildman–Crippen LogP) is 1.35. The minimum absolute atomic E-state index is 0.104. The molecule has 0 N–H and O–H groups in total. The van der Waals surface area contributed by atoms with Crippen molar-refractivity contribution in [2.75, 3.05) is 11.4 Å². The van der Waals surface area contributed by atoms with Crippen LogP contribution in [0.1, 0.15) is 19.8 Å². The number of rotatable bonds is 3. The minimum Gasteiger partial charge on any atom is -0.361 e. The molecule has 1 fully saturated rings. The Morgan fingerprint density at radius 1 is 1.38 bits per heavy atom. The zero-order valence-corrected chi connectivity index (χ0v) is 10.1. The summed E-state index contributed by atoms with van der Waals surface area (Å²) in [5, 5.41) is 0. The predicted molar refractivity (Wildman–Crippen MR) is 70.1 cm³/mol. The fraction of sp³-hybridized carbons (Fsp3) is 0.462. The van der Waals surface area contributed by atoms with Gasteiger partial charge < -0.3 is 4.90 Å². The Morgan fingerprint density at radius 3 is 2.62 bits per heavy atom. The number of benzene rings is 1. The highest BCUT2D eigenvalue weighted by molar-refractivity contribution is 6.51. The first-order valence-electron chi connectivity index (χ1n) is 6.08. The van der Waals surface area contributed by atoms with E-state index in [2.05, 4.69) is 36.0 Å². The average molecular weight is 215 g/mol. The molecule has 0 bridgehead atoms. The number of hydrogen-bond donors (Lipinski definition) is 0. The van der Waals surface area contributed by atoms with Crippen molar-refractivity contribution in [2.45, 2.75) is 32.6 Å². The van der Waals surface area contributed by atoms with Crippen LogP contribution in [0.3, 0.4) is 0 Å². The maximum Gasteiger partial charge on any atom is 0.154 e. The van der Waals surface area contributed by atoms with Crippen molar-refractivity contribution in [3.8, 4) is 0 Å². The van der Waals surface area contributed by atoms with E-state index in [9.17, 15) is 4.79 Å². The van der Waals surface area contributed by atoms with Gasteiger partial charge >= 0.3 is 0 Å². The summed E-state index contributed by atoms with van der Waals surface area (Å²) < 4.78 is 0. The molecule has 0 aromatic heterocycles. The van der Waals surface area contributed by atoms with Crippen LogP contribution in [0.15, 0.2) is 24.3 Å². The molecule has 0 saturated carbocycles. The van der Waals surface area contributed by atoms with E-state index in [1.165, 1.54) is 11.2 Å². The summed E-state index contributed by atoms with van der Waals surface area (Å²) in [4.78, 5) is 13.7. The van der Waals surface area contributed by atoms with Gasteiger partial charge in [0.15, 0.2) is 13.1 Å². The number of hydrogen-bond acceptors (Lipinski definition) is 2. The lowest BCUT2D eigenvalue weighted by molar-refractivity contribution is -0.118. The van der Waals surface area contributed by atoms with E-state index in [-0.39, 0.29) is 11.8 Å². The summed E-state index contributed by atoms with van der Waals surface area (Å²) in [6.07, 6.45) is 2.13. The van der Waals surface area contributed by atoms with Crippen LogP contribution in [0.5, 0.6) is 0 Å². The zero-order chi connectivity index (χ0) is 11.5. The molecule has 2 nitrogen and oxygen atoms in total. The monoisotopic (exact) mass is 215 g/mol. The number of Topliss-reactive ketones (excluding diaryl/α,β-unsaturated/α-hetero) is 1. The van der Waals surface area contributed by atoms with Crippen LogP contribution < -0.4 is 10.4 Å². The third-order valence-corrected chi connectivity index (χ3v) is 3.40. The number of anilines is 1. The SMILES string of the molecule is CBc1ccc(N2CCCC2C(C)=O)cc1. The Morgan fingerprint density at radius 2 is 2.06 bits per heavy atom. The Bertz CT molecular complexity index is 374. The summed E-state index contributed by atoms with van der Waals surface area (Å²) >= 11 is 0. The normalized spacial score (nSPS) is 19.9. The molecule has 0 radical (unpaired) electrons. The molecule has 0 amide bonds. The molecule has 16 heavy (non-hydrogen) atoms. The van der Waals surface area contributed by atoms with Crippen molar-refractivity contribution >= 4 is 24.2 Å². The molecule has 1 aromatic carbocycles. The van der Waals surface area contributed by atoms with Crippen LogP contribution >= 0.6 is 0 Å². The first-order chi connectivity index (χ1) is 7.72. The maximum atomic E-state index is 11.5. The van der Waals surface area contributed by atoms with E-state index in [1.807, 2.05) is 0 Å². The second-order valence-electron chi connectivity index (χ2n) is 4.48. The average Bonchev–Trinajstić information content (AvgIpc) is 2.78. The Balaban J connectivity index is 2.19. The lowest BCUT2D eigenvalue weighted by Gasteiger charge is -2.25. The molecule has 0 aliphatic carbocycles.